The molecular weight excluding hydrogens is 244 g/mol. The summed E-state index contributed by atoms with van der Waals surface area (Å²) in [6.07, 6.45) is 8.47. The Balaban J connectivity index is 2.22. The maximum absolute atomic E-state index is 8.64. The summed E-state index contributed by atoms with van der Waals surface area (Å²) < 4.78 is 0. The Morgan fingerprint density at radius 1 is 1.35 bits per heavy atom. The van der Waals surface area contributed by atoms with Gasteiger partial charge in [0.1, 0.15) is 0 Å². The van der Waals surface area contributed by atoms with E-state index in [2.05, 4.69) is 29.3 Å². The molecule has 1 aliphatic heterocycles. The molecule has 0 bridgehead atoms. The fourth-order valence-electron chi connectivity index (χ4n) is 1.90. The molecule has 1 aromatic carbocycles. The molecule has 0 spiro atoms. The third kappa shape index (κ3) is 3.64. The molecule has 98 valence electrons. The first kappa shape index (κ1) is 13.7. The third-order valence-electron chi connectivity index (χ3n) is 2.95. The summed E-state index contributed by atoms with van der Waals surface area (Å²) in [4.78, 5) is 0. The molecule has 1 aliphatic rings. The van der Waals surface area contributed by atoms with Crippen LogP contribution < -0.4 is 5.32 Å². The van der Waals surface area contributed by atoms with E-state index in [4.69, 9.17) is 5.26 Å². The van der Waals surface area contributed by atoms with E-state index in [1.54, 1.807) is 0 Å². The average Bonchev–Trinajstić information content (AvgIpc) is 2.99. The smallest absolute Gasteiger partial charge is 0.0669 e. The van der Waals surface area contributed by atoms with Crippen molar-refractivity contribution in [1.82, 2.24) is 5.32 Å². The molecule has 1 heterocycles. The van der Waals surface area contributed by atoms with E-state index >= 15 is 0 Å². The van der Waals surface area contributed by atoms with Gasteiger partial charge in [0.2, 0.25) is 0 Å². The Hall–Kier alpha value is -2.71. The second-order valence-electron chi connectivity index (χ2n) is 4.43. The zero-order valence-electron chi connectivity index (χ0n) is 11.5. The minimum atomic E-state index is 0.443. The lowest BCUT2D eigenvalue weighted by Gasteiger charge is -1.98. The van der Waals surface area contributed by atoms with E-state index < -0.39 is 0 Å². The molecule has 0 radical (unpaired) electrons. The fourth-order valence-corrected chi connectivity index (χ4v) is 1.90. The second-order valence-corrected chi connectivity index (χ2v) is 4.43. The summed E-state index contributed by atoms with van der Waals surface area (Å²) in [5, 5.41) is 11.8. The second kappa shape index (κ2) is 7.02. The Kier molecular flexibility index (Phi) is 4.81. The number of hydrogen-bond donors (Lipinski definition) is 1. The van der Waals surface area contributed by atoms with Gasteiger partial charge in [0, 0.05) is 17.7 Å². The number of nitrogens with one attached hydrogen (secondary N) is 1. The summed E-state index contributed by atoms with van der Waals surface area (Å²) in [7, 11) is 0. The molecule has 2 rings (SSSR count). The number of nitriles is 1. The van der Waals surface area contributed by atoms with Gasteiger partial charge in [-0.05, 0) is 42.5 Å². The van der Waals surface area contributed by atoms with Crippen molar-refractivity contribution in [3.63, 3.8) is 0 Å². The van der Waals surface area contributed by atoms with Crippen LogP contribution in [0.25, 0.3) is 0 Å². The molecule has 0 saturated heterocycles. The summed E-state index contributed by atoms with van der Waals surface area (Å²) in [5.41, 5.74) is 4.23. The highest BCUT2D eigenvalue weighted by Gasteiger charge is 2.02. The molecule has 0 unspecified atom stereocenters. The Morgan fingerprint density at radius 2 is 2.15 bits per heavy atom. The standard InChI is InChI=1S/C18H16N2/c1-2-3-17(18-11-13-20-14-18)9-8-15-4-6-16(7-5-15)10-12-19/h2-7,11,13,20H,10,14H2,1H3/b3-2-,18-17+. The first-order chi connectivity index (χ1) is 9.83. The fraction of sp³-hybridized carbons (Fsp3) is 0.167. The summed E-state index contributed by atoms with van der Waals surface area (Å²) in [6, 6.07) is 9.96. The molecular formula is C18H16N2. The largest absolute Gasteiger partial charge is 0.387 e. The Morgan fingerprint density at radius 3 is 2.75 bits per heavy atom. The van der Waals surface area contributed by atoms with E-state index in [1.807, 2.05) is 49.5 Å². The van der Waals surface area contributed by atoms with Crippen LogP contribution in [-0.4, -0.2) is 6.54 Å². The maximum Gasteiger partial charge on any atom is 0.0669 e. The van der Waals surface area contributed by atoms with Gasteiger partial charge in [0.25, 0.3) is 0 Å². The topological polar surface area (TPSA) is 35.8 Å². The quantitative estimate of drug-likeness (QED) is 0.829. The predicted molar refractivity (Wildman–Crippen MR) is 81.6 cm³/mol. The van der Waals surface area contributed by atoms with Crippen molar-refractivity contribution in [3.05, 3.63) is 71.0 Å². The lowest BCUT2D eigenvalue weighted by Crippen LogP contribution is -2.01. The van der Waals surface area contributed by atoms with Crippen molar-refractivity contribution < 1.29 is 0 Å². The highest BCUT2D eigenvalue weighted by Crippen LogP contribution is 2.11. The number of allylic oxidation sites excluding steroid dienone is 3. The number of rotatable bonds is 2. The van der Waals surface area contributed by atoms with Crippen LogP contribution in [0.2, 0.25) is 0 Å². The van der Waals surface area contributed by atoms with Gasteiger partial charge in [-0.1, -0.05) is 36.1 Å². The Labute approximate surface area is 120 Å². The number of nitrogens with zero attached hydrogens (tertiary/aromatic N) is 1. The first-order valence-electron chi connectivity index (χ1n) is 6.57. The molecule has 1 aromatic rings. The Bertz CT molecular complexity index is 656. The molecule has 2 nitrogen and oxygen atoms in total. The van der Waals surface area contributed by atoms with Gasteiger partial charge in [-0.15, -0.1) is 0 Å². The van der Waals surface area contributed by atoms with Crippen LogP contribution in [0.1, 0.15) is 18.1 Å². The molecule has 0 aromatic heterocycles. The van der Waals surface area contributed by atoms with E-state index in [0.717, 1.165) is 23.2 Å². The van der Waals surface area contributed by atoms with Crippen LogP contribution in [0.15, 0.2) is 59.8 Å². The van der Waals surface area contributed by atoms with Crippen LogP contribution in [-0.2, 0) is 6.42 Å². The van der Waals surface area contributed by atoms with Crippen LogP contribution >= 0.6 is 0 Å². The monoisotopic (exact) mass is 260 g/mol. The summed E-state index contributed by atoms with van der Waals surface area (Å²) >= 11 is 0. The minimum Gasteiger partial charge on any atom is -0.387 e. The summed E-state index contributed by atoms with van der Waals surface area (Å²) in [5.74, 6) is 6.39. The molecule has 0 atom stereocenters. The van der Waals surface area contributed by atoms with Crippen LogP contribution in [0.5, 0.6) is 0 Å². The normalized spacial score (nSPS) is 15.4. The van der Waals surface area contributed by atoms with Crippen LogP contribution in [0.4, 0.5) is 0 Å². The summed E-state index contributed by atoms with van der Waals surface area (Å²) in [6.45, 7) is 2.82. The van der Waals surface area contributed by atoms with Crippen LogP contribution in [0.3, 0.4) is 0 Å². The van der Waals surface area contributed by atoms with Gasteiger partial charge in [-0.25, -0.2) is 0 Å². The SMILES string of the molecule is C/C=C\C(C#Cc1ccc(CC#N)cc1)=C1\C=CNC1. The van der Waals surface area contributed by atoms with E-state index in [0.29, 0.717) is 6.42 Å². The van der Waals surface area contributed by atoms with Gasteiger partial charge in [-0.3, -0.25) is 0 Å². The number of benzene rings is 1. The van der Waals surface area contributed by atoms with Crippen molar-refractivity contribution in [2.75, 3.05) is 6.54 Å². The molecule has 2 heteroatoms. The molecule has 1 N–H and O–H groups in total. The van der Waals surface area contributed by atoms with Crippen molar-refractivity contribution in [1.29, 1.82) is 5.26 Å². The first-order valence-corrected chi connectivity index (χ1v) is 6.57. The van der Waals surface area contributed by atoms with Gasteiger partial charge in [-0.2, -0.15) is 5.26 Å². The average molecular weight is 260 g/mol. The zero-order valence-corrected chi connectivity index (χ0v) is 11.5. The van der Waals surface area contributed by atoms with Crippen molar-refractivity contribution in [2.45, 2.75) is 13.3 Å². The molecule has 0 aliphatic carbocycles. The van der Waals surface area contributed by atoms with Gasteiger partial charge in [0.05, 0.1) is 12.5 Å². The van der Waals surface area contributed by atoms with E-state index in [-0.39, 0.29) is 0 Å². The highest BCUT2D eigenvalue weighted by atomic mass is 14.8. The van der Waals surface area contributed by atoms with Gasteiger partial charge in [0.15, 0.2) is 0 Å². The predicted octanol–water partition coefficient (Wildman–Crippen LogP) is 3.09. The lowest BCUT2D eigenvalue weighted by atomic mass is 10.1. The minimum absolute atomic E-state index is 0.443. The van der Waals surface area contributed by atoms with Gasteiger partial charge < -0.3 is 5.32 Å². The van der Waals surface area contributed by atoms with E-state index in [9.17, 15) is 0 Å². The van der Waals surface area contributed by atoms with Crippen molar-refractivity contribution in [2.24, 2.45) is 0 Å². The molecule has 0 saturated carbocycles. The zero-order chi connectivity index (χ0) is 14.2. The van der Waals surface area contributed by atoms with Gasteiger partial charge >= 0.3 is 0 Å². The van der Waals surface area contributed by atoms with Crippen LogP contribution in [0, 0.1) is 23.2 Å². The molecule has 0 amide bonds. The molecule has 0 fully saturated rings. The highest BCUT2D eigenvalue weighted by molar-refractivity contribution is 5.51. The van der Waals surface area contributed by atoms with Crippen molar-refractivity contribution in [3.8, 4) is 17.9 Å². The lowest BCUT2D eigenvalue weighted by molar-refractivity contribution is 1.00. The van der Waals surface area contributed by atoms with Crippen molar-refractivity contribution >= 4 is 0 Å². The third-order valence-corrected chi connectivity index (χ3v) is 2.95. The van der Waals surface area contributed by atoms with E-state index in [1.165, 1.54) is 5.57 Å². The maximum atomic E-state index is 8.64. The number of hydrogen-bond acceptors (Lipinski definition) is 2. The molecule has 20 heavy (non-hydrogen) atoms.